The zero-order valence-corrected chi connectivity index (χ0v) is 9.84. The van der Waals surface area contributed by atoms with Crippen molar-refractivity contribution in [3.05, 3.63) is 42.0 Å². The smallest absolute Gasteiger partial charge is 0.201 e. The van der Waals surface area contributed by atoms with Crippen LogP contribution in [0, 0.1) is 5.82 Å². The predicted molar refractivity (Wildman–Crippen MR) is 66.4 cm³/mol. The van der Waals surface area contributed by atoms with Gasteiger partial charge in [0.15, 0.2) is 5.82 Å². The van der Waals surface area contributed by atoms with Gasteiger partial charge in [0.05, 0.1) is 18.3 Å². The van der Waals surface area contributed by atoms with E-state index >= 15 is 0 Å². The molecular weight excluding hydrogens is 233 g/mol. The maximum Gasteiger partial charge on any atom is 0.201 e. The minimum Gasteiger partial charge on any atom is -0.369 e. The molecule has 92 valence electrons. The Bertz CT molecular complexity index is 712. The molecule has 0 spiro atoms. The molecule has 2 N–H and O–H groups in total. The second-order valence-corrected chi connectivity index (χ2v) is 4.19. The van der Waals surface area contributed by atoms with Gasteiger partial charge in [-0.15, -0.1) is 0 Å². The van der Waals surface area contributed by atoms with E-state index in [1.807, 2.05) is 13.2 Å². The molecule has 0 saturated carbocycles. The molecule has 0 aliphatic rings. The van der Waals surface area contributed by atoms with Crippen LogP contribution in [0.1, 0.15) is 5.56 Å². The summed E-state index contributed by atoms with van der Waals surface area (Å²) < 4.78 is 17.1. The molecule has 0 aliphatic heterocycles. The van der Waals surface area contributed by atoms with Crippen molar-refractivity contribution in [1.29, 1.82) is 0 Å². The molecule has 6 heteroatoms. The molecule has 2 heterocycles. The van der Waals surface area contributed by atoms with Gasteiger partial charge in [-0.25, -0.2) is 9.37 Å². The summed E-state index contributed by atoms with van der Waals surface area (Å²) in [5, 5.41) is 4.09. The van der Waals surface area contributed by atoms with Gasteiger partial charge in [-0.3, -0.25) is 4.68 Å². The lowest BCUT2D eigenvalue weighted by Gasteiger charge is -2.03. The van der Waals surface area contributed by atoms with Gasteiger partial charge >= 0.3 is 0 Å². The van der Waals surface area contributed by atoms with Gasteiger partial charge in [0.25, 0.3) is 0 Å². The van der Waals surface area contributed by atoms with Crippen molar-refractivity contribution in [2.24, 2.45) is 7.05 Å². The fourth-order valence-corrected chi connectivity index (χ4v) is 2.03. The summed E-state index contributed by atoms with van der Waals surface area (Å²) in [7, 11) is 1.85. The number of rotatable bonds is 2. The Kier molecular flexibility index (Phi) is 2.29. The summed E-state index contributed by atoms with van der Waals surface area (Å²) in [6, 6.07) is 4.83. The van der Waals surface area contributed by atoms with E-state index < -0.39 is 0 Å². The molecule has 0 fully saturated rings. The Morgan fingerprint density at radius 1 is 1.39 bits per heavy atom. The number of hydrogen-bond donors (Lipinski definition) is 1. The van der Waals surface area contributed by atoms with Crippen molar-refractivity contribution in [3.63, 3.8) is 0 Å². The van der Waals surface area contributed by atoms with Crippen LogP contribution in [0.15, 0.2) is 30.6 Å². The van der Waals surface area contributed by atoms with E-state index in [-0.39, 0.29) is 5.82 Å². The Labute approximate surface area is 103 Å². The van der Waals surface area contributed by atoms with E-state index in [1.165, 1.54) is 6.07 Å². The molecule has 0 aliphatic carbocycles. The molecule has 18 heavy (non-hydrogen) atoms. The molecule has 0 atom stereocenters. The van der Waals surface area contributed by atoms with E-state index in [9.17, 15) is 4.39 Å². The number of anilines is 1. The maximum absolute atomic E-state index is 13.6. The lowest BCUT2D eigenvalue weighted by atomic mass is 10.3. The van der Waals surface area contributed by atoms with E-state index in [1.54, 1.807) is 27.6 Å². The van der Waals surface area contributed by atoms with Gasteiger partial charge in [0.1, 0.15) is 5.52 Å². The summed E-state index contributed by atoms with van der Waals surface area (Å²) >= 11 is 0. The van der Waals surface area contributed by atoms with Crippen molar-refractivity contribution in [2.75, 3.05) is 5.73 Å². The predicted octanol–water partition coefficient (Wildman–Crippen LogP) is 1.54. The van der Waals surface area contributed by atoms with Crippen LogP contribution in [0.3, 0.4) is 0 Å². The molecule has 0 saturated heterocycles. The van der Waals surface area contributed by atoms with Gasteiger partial charge in [0.2, 0.25) is 5.95 Å². The number of fused-ring (bicyclic) bond motifs is 1. The molecule has 1 aromatic carbocycles. The normalized spacial score (nSPS) is 11.2. The molecule has 0 radical (unpaired) electrons. The number of para-hydroxylation sites is 1. The number of nitrogens with two attached hydrogens (primary N) is 1. The Hall–Kier alpha value is -2.37. The standard InChI is InChI=1S/C12H12FN5/c1-17-6-8(5-15-17)7-18-10-4-2-3-9(13)11(10)16-12(18)14/h2-6H,7H2,1H3,(H2,14,16). The molecule has 2 aromatic heterocycles. The molecule has 0 unspecified atom stereocenters. The Morgan fingerprint density at radius 2 is 2.22 bits per heavy atom. The monoisotopic (exact) mass is 245 g/mol. The average Bonchev–Trinajstić information content (AvgIpc) is 2.87. The number of aryl methyl sites for hydroxylation is 1. The number of benzene rings is 1. The van der Waals surface area contributed by atoms with Crippen molar-refractivity contribution in [2.45, 2.75) is 6.54 Å². The van der Waals surface area contributed by atoms with Crippen LogP contribution in [0.2, 0.25) is 0 Å². The van der Waals surface area contributed by atoms with E-state index in [4.69, 9.17) is 5.73 Å². The van der Waals surface area contributed by atoms with E-state index in [0.717, 1.165) is 5.56 Å². The van der Waals surface area contributed by atoms with Gasteiger partial charge in [-0.05, 0) is 12.1 Å². The fourth-order valence-electron chi connectivity index (χ4n) is 2.03. The highest BCUT2D eigenvalue weighted by Crippen LogP contribution is 2.21. The van der Waals surface area contributed by atoms with Crippen LogP contribution in [-0.2, 0) is 13.6 Å². The SMILES string of the molecule is Cn1cc(Cn2c(N)nc3c(F)cccc32)cn1. The van der Waals surface area contributed by atoms with Crippen LogP contribution in [-0.4, -0.2) is 19.3 Å². The first-order chi connectivity index (χ1) is 8.65. The minimum absolute atomic E-state index is 0.305. The van der Waals surface area contributed by atoms with Crippen molar-refractivity contribution >= 4 is 17.0 Å². The Balaban J connectivity index is 2.11. The van der Waals surface area contributed by atoms with Crippen molar-refractivity contribution in [3.8, 4) is 0 Å². The summed E-state index contributed by atoms with van der Waals surface area (Å²) in [5.74, 6) is -0.0527. The van der Waals surface area contributed by atoms with Crippen molar-refractivity contribution < 1.29 is 4.39 Å². The third kappa shape index (κ3) is 1.62. The van der Waals surface area contributed by atoms with Crippen LogP contribution < -0.4 is 5.73 Å². The first-order valence-corrected chi connectivity index (χ1v) is 5.53. The molecule has 0 amide bonds. The van der Waals surface area contributed by atoms with Crippen LogP contribution in [0.5, 0.6) is 0 Å². The first kappa shape index (κ1) is 10.8. The number of halogens is 1. The molecule has 3 aromatic rings. The average molecular weight is 245 g/mol. The number of imidazole rings is 1. The third-order valence-corrected chi connectivity index (χ3v) is 2.86. The lowest BCUT2D eigenvalue weighted by molar-refractivity contribution is 0.637. The molecule has 3 rings (SSSR count). The minimum atomic E-state index is -0.357. The summed E-state index contributed by atoms with van der Waals surface area (Å²) in [6.45, 7) is 0.527. The highest BCUT2D eigenvalue weighted by molar-refractivity contribution is 5.79. The molecular formula is C12H12FN5. The van der Waals surface area contributed by atoms with Crippen LogP contribution >= 0.6 is 0 Å². The number of aromatic nitrogens is 4. The van der Waals surface area contributed by atoms with E-state index in [2.05, 4.69) is 10.1 Å². The second-order valence-electron chi connectivity index (χ2n) is 4.19. The summed E-state index contributed by atoms with van der Waals surface area (Å²) in [5.41, 5.74) is 7.82. The summed E-state index contributed by atoms with van der Waals surface area (Å²) in [4.78, 5) is 4.05. The third-order valence-electron chi connectivity index (χ3n) is 2.86. The van der Waals surface area contributed by atoms with Gasteiger partial charge in [-0.1, -0.05) is 6.07 Å². The Morgan fingerprint density at radius 3 is 2.94 bits per heavy atom. The van der Waals surface area contributed by atoms with Gasteiger partial charge in [0, 0.05) is 18.8 Å². The first-order valence-electron chi connectivity index (χ1n) is 5.53. The summed E-state index contributed by atoms with van der Waals surface area (Å²) in [6.07, 6.45) is 3.65. The molecule has 5 nitrogen and oxygen atoms in total. The number of hydrogen-bond acceptors (Lipinski definition) is 3. The quantitative estimate of drug-likeness (QED) is 0.745. The largest absolute Gasteiger partial charge is 0.369 e. The van der Waals surface area contributed by atoms with Gasteiger partial charge < -0.3 is 10.3 Å². The van der Waals surface area contributed by atoms with Gasteiger partial charge in [-0.2, -0.15) is 5.10 Å². The highest BCUT2D eigenvalue weighted by atomic mass is 19.1. The van der Waals surface area contributed by atoms with E-state index in [0.29, 0.717) is 23.5 Å². The lowest BCUT2D eigenvalue weighted by Crippen LogP contribution is -2.03. The molecule has 0 bridgehead atoms. The van der Waals surface area contributed by atoms with Crippen LogP contribution in [0.4, 0.5) is 10.3 Å². The zero-order valence-electron chi connectivity index (χ0n) is 9.84. The zero-order chi connectivity index (χ0) is 12.7. The van der Waals surface area contributed by atoms with Crippen molar-refractivity contribution in [1.82, 2.24) is 19.3 Å². The number of nitrogens with zero attached hydrogens (tertiary/aromatic N) is 4. The highest BCUT2D eigenvalue weighted by Gasteiger charge is 2.12. The topological polar surface area (TPSA) is 61.7 Å². The number of nitrogen functional groups attached to an aromatic ring is 1. The second kappa shape index (κ2) is 3.83. The van der Waals surface area contributed by atoms with Crippen LogP contribution in [0.25, 0.3) is 11.0 Å². The fraction of sp³-hybridized carbons (Fsp3) is 0.167. The maximum atomic E-state index is 13.6.